The van der Waals surface area contributed by atoms with Crippen molar-refractivity contribution in [3.05, 3.63) is 48.0 Å². The van der Waals surface area contributed by atoms with Gasteiger partial charge in [0.15, 0.2) is 0 Å². The molecule has 2 rings (SSSR count). The minimum absolute atomic E-state index is 0.695. The molecule has 0 unspecified atom stereocenters. The summed E-state index contributed by atoms with van der Waals surface area (Å²) in [6.45, 7) is 1.95. The molecule has 0 heterocycles. The maximum absolute atomic E-state index is 5.76. The van der Waals surface area contributed by atoms with Gasteiger partial charge in [0.05, 0.1) is 14.2 Å². The van der Waals surface area contributed by atoms with Crippen molar-refractivity contribution in [2.75, 3.05) is 14.2 Å². The zero-order valence-corrected chi connectivity index (χ0v) is 10.8. The lowest BCUT2D eigenvalue weighted by atomic mass is 10.2. The fourth-order valence-corrected chi connectivity index (χ4v) is 1.75. The first-order valence-electron chi connectivity index (χ1n) is 5.70. The van der Waals surface area contributed by atoms with Crippen molar-refractivity contribution in [3.8, 4) is 23.0 Å². The van der Waals surface area contributed by atoms with E-state index in [1.807, 2.05) is 49.4 Å². The molecule has 0 spiro atoms. The normalized spacial score (nSPS) is 9.94. The highest BCUT2D eigenvalue weighted by molar-refractivity contribution is 5.50. The molecule has 0 N–H and O–H groups in total. The third kappa shape index (κ3) is 2.56. The lowest BCUT2D eigenvalue weighted by Gasteiger charge is -2.13. The second kappa shape index (κ2) is 5.45. The van der Waals surface area contributed by atoms with E-state index < -0.39 is 0 Å². The minimum Gasteiger partial charge on any atom is -0.496 e. The van der Waals surface area contributed by atoms with Gasteiger partial charge in [-0.15, -0.1) is 0 Å². The maximum Gasteiger partial charge on any atom is 0.134 e. The van der Waals surface area contributed by atoms with E-state index in [0.29, 0.717) is 5.75 Å². The summed E-state index contributed by atoms with van der Waals surface area (Å²) in [5.41, 5.74) is 0.959. The molecule has 2 aromatic rings. The smallest absolute Gasteiger partial charge is 0.134 e. The monoisotopic (exact) mass is 244 g/mol. The van der Waals surface area contributed by atoms with Gasteiger partial charge in [-0.25, -0.2) is 0 Å². The Hall–Kier alpha value is -2.16. The first kappa shape index (κ1) is 12.3. The Morgan fingerprint density at radius 2 is 1.33 bits per heavy atom. The molecule has 0 saturated heterocycles. The van der Waals surface area contributed by atoms with Gasteiger partial charge >= 0.3 is 0 Å². The number of rotatable bonds is 4. The van der Waals surface area contributed by atoms with E-state index in [9.17, 15) is 0 Å². The minimum atomic E-state index is 0.695. The second-order valence-corrected chi connectivity index (χ2v) is 3.87. The van der Waals surface area contributed by atoms with Gasteiger partial charge in [0, 0.05) is 17.7 Å². The van der Waals surface area contributed by atoms with Crippen LogP contribution in [-0.4, -0.2) is 14.2 Å². The van der Waals surface area contributed by atoms with Crippen molar-refractivity contribution in [3.63, 3.8) is 0 Å². The molecule has 0 radical (unpaired) electrons. The van der Waals surface area contributed by atoms with Crippen LogP contribution in [0.2, 0.25) is 0 Å². The van der Waals surface area contributed by atoms with Crippen LogP contribution in [-0.2, 0) is 0 Å². The summed E-state index contributed by atoms with van der Waals surface area (Å²) in [4.78, 5) is 0. The topological polar surface area (TPSA) is 27.7 Å². The third-order valence-electron chi connectivity index (χ3n) is 2.70. The molecule has 0 aliphatic carbocycles. The van der Waals surface area contributed by atoms with E-state index in [-0.39, 0.29) is 0 Å². The van der Waals surface area contributed by atoms with E-state index in [0.717, 1.165) is 22.8 Å². The van der Waals surface area contributed by atoms with Crippen LogP contribution < -0.4 is 14.2 Å². The second-order valence-electron chi connectivity index (χ2n) is 3.87. The largest absolute Gasteiger partial charge is 0.496 e. The molecule has 0 atom stereocenters. The number of hydrogen-bond acceptors (Lipinski definition) is 3. The first-order valence-corrected chi connectivity index (χ1v) is 5.70. The molecule has 0 amide bonds. The Morgan fingerprint density at radius 1 is 0.778 bits per heavy atom. The molecule has 3 heteroatoms. The van der Waals surface area contributed by atoms with Crippen molar-refractivity contribution < 1.29 is 14.2 Å². The number of hydrogen-bond donors (Lipinski definition) is 0. The predicted octanol–water partition coefficient (Wildman–Crippen LogP) is 3.80. The lowest BCUT2D eigenvalue weighted by molar-refractivity contribution is 0.381. The fraction of sp³-hybridized carbons (Fsp3) is 0.200. The van der Waals surface area contributed by atoms with Gasteiger partial charge < -0.3 is 14.2 Å². The quantitative estimate of drug-likeness (QED) is 0.818. The van der Waals surface area contributed by atoms with Gasteiger partial charge in [-0.3, -0.25) is 0 Å². The molecular formula is C15H16O3. The van der Waals surface area contributed by atoms with Crippen molar-refractivity contribution >= 4 is 0 Å². The Balaban J connectivity index is 2.34. The van der Waals surface area contributed by atoms with Gasteiger partial charge in [-0.2, -0.15) is 0 Å². The number of ether oxygens (including phenoxy) is 3. The number of methoxy groups -OCH3 is 2. The molecule has 2 aromatic carbocycles. The maximum atomic E-state index is 5.76. The average Bonchev–Trinajstić information content (AvgIpc) is 2.41. The van der Waals surface area contributed by atoms with Crippen LogP contribution in [0, 0.1) is 6.92 Å². The van der Waals surface area contributed by atoms with Gasteiger partial charge in [-0.1, -0.05) is 18.2 Å². The lowest BCUT2D eigenvalue weighted by Crippen LogP contribution is -1.94. The summed E-state index contributed by atoms with van der Waals surface area (Å²) in [5.74, 6) is 2.98. The van der Waals surface area contributed by atoms with Gasteiger partial charge in [0.2, 0.25) is 0 Å². The van der Waals surface area contributed by atoms with E-state index in [1.54, 1.807) is 14.2 Å². The van der Waals surface area contributed by atoms with E-state index in [2.05, 4.69) is 0 Å². The highest BCUT2D eigenvalue weighted by Crippen LogP contribution is 2.35. The van der Waals surface area contributed by atoms with Crippen LogP contribution in [0.3, 0.4) is 0 Å². The van der Waals surface area contributed by atoms with Crippen LogP contribution in [0.1, 0.15) is 5.56 Å². The summed E-state index contributed by atoms with van der Waals surface area (Å²) in [6, 6.07) is 13.3. The molecule has 94 valence electrons. The summed E-state index contributed by atoms with van der Waals surface area (Å²) < 4.78 is 16.4. The highest BCUT2D eigenvalue weighted by Gasteiger charge is 2.09. The highest BCUT2D eigenvalue weighted by atomic mass is 16.5. The molecule has 0 aliphatic heterocycles. The first-order chi connectivity index (χ1) is 8.74. The zero-order chi connectivity index (χ0) is 13.0. The molecule has 0 aromatic heterocycles. The molecular weight excluding hydrogens is 228 g/mol. The average molecular weight is 244 g/mol. The molecule has 3 nitrogen and oxygen atoms in total. The van der Waals surface area contributed by atoms with Gasteiger partial charge in [0.25, 0.3) is 0 Å². The van der Waals surface area contributed by atoms with Crippen LogP contribution in [0.4, 0.5) is 0 Å². The van der Waals surface area contributed by atoms with Gasteiger partial charge in [0.1, 0.15) is 23.0 Å². The third-order valence-corrected chi connectivity index (χ3v) is 2.70. The summed E-state index contributed by atoms with van der Waals surface area (Å²) in [6.07, 6.45) is 0. The standard InChI is InChI=1S/C15H16O3/c1-11-14(16-2)9-13(10-15(11)17-3)18-12-7-5-4-6-8-12/h4-10H,1-3H3. The Kier molecular flexibility index (Phi) is 3.72. The molecule has 18 heavy (non-hydrogen) atoms. The SMILES string of the molecule is COc1cc(Oc2ccccc2)cc(OC)c1C. The molecule has 0 saturated carbocycles. The van der Waals surface area contributed by atoms with E-state index in [4.69, 9.17) is 14.2 Å². The van der Waals surface area contributed by atoms with E-state index in [1.165, 1.54) is 0 Å². The number of para-hydroxylation sites is 1. The van der Waals surface area contributed by atoms with Crippen molar-refractivity contribution in [2.24, 2.45) is 0 Å². The molecule has 0 bridgehead atoms. The van der Waals surface area contributed by atoms with Crippen LogP contribution >= 0.6 is 0 Å². The van der Waals surface area contributed by atoms with Crippen molar-refractivity contribution in [2.45, 2.75) is 6.92 Å². The van der Waals surface area contributed by atoms with Crippen LogP contribution in [0.5, 0.6) is 23.0 Å². The number of benzene rings is 2. The fourth-order valence-electron chi connectivity index (χ4n) is 1.75. The molecule has 0 fully saturated rings. The van der Waals surface area contributed by atoms with Gasteiger partial charge in [-0.05, 0) is 19.1 Å². The predicted molar refractivity (Wildman–Crippen MR) is 70.8 cm³/mol. The van der Waals surface area contributed by atoms with Crippen LogP contribution in [0.25, 0.3) is 0 Å². The van der Waals surface area contributed by atoms with Crippen molar-refractivity contribution in [1.29, 1.82) is 0 Å². The van der Waals surface area contributed by atoms with Crippen LogP contribution in [0.15, 0.2) is 42.5 Å². The zero-order valence-electron chi connectivity index (χ0n) is 10.8. The summed E-state index contributed by atoms with van der Waals surface area (Å²) in [7, 11) is 3.27. The van der Waals surface area contributed by atoms with E-state index >= 15 is 0 Å². The summed E-state index contributed by atoms with van der Waals surface area (Å²) in [5, 5.41) is 0. The Labute approximate surface area is 107 Å². The Morgan fingerprint density at radius 3 is 1.83 bits per heavy atom. The van der Waals surface area contributed by atoms with Crippen molar-refractivity contribution in [1.82, 2.24) is 0 Å². The Bertz CT molecular complexity index is 496. The summed E-state index contributed by atoms with van der Waals surface area (Å²) >= 11 is 0. The molecule has 0 aliphatic rings.